The molecule has 1 aromatic carbocycles. The average Bonchev–Trinajstić information content (AvgIpc) is 2.99. The van der Waals surface area contributed by atoms with Crippen molar-refractivity contribution < 1.29 is 4.79 Å². The van der Waals surface area contributed by atoms with Crippen molar-refractivity contribution in [2.45, 2.75) is 51.2 Å². The van der Waals surface area contributed by atoms with Crippen LogP contribution < -0.4 is 5.73 Å². The van der Waals surface area contributed by atoms with Crippen molar-refractivity contribution in [1.29, 1.82) is 0 Å². The monoisotopic (exact) mass is 430 g/mol. The number of halogens is 2. The van der Waals surface area contributed by atoms with Gasteiger partial charge in [0.2, 0.25) is 5.91 Å². The van der Waals surface area contributed by atoms with E-state index in [0.29, 0.717) is 18.5 Å². The van der Waals surface area contributed by atoms with Crippen molar-refractivity contribution in [1.82, 2.24) is 14.7 Å². The standard InChI is InChI=1S/C21H34N4O.2ClH/c1-17-8-9-18(2)25(17)15-12-23-10-13-24(14-11-23)21(26)16-20(22)19-6-4-3-5-7-19;;/h3-7,17-18,20H,8-16,22H2,1-2H3;2*1H. The van der Waals surface area contributed by atoms with E-state index < -0.39 is 0 Å². The van der Waals surface area contributed by atoms with Crippen molar-refractivity contribution in [3.05, 3.63) is 35.9 Å². The Morgan fingerprint density at radius 3 is 2.14 bits per heavy atom. The first-order valence-electron chi connectivity index (χ1n) is 10.1. The van der Waals surface area contributed by atoms with E-state index in [1.165, 1.54) is 12.8 Å². The number of hydrogen-bond donors (Lipinski definition) is 1. The Morgan fingerprint density at radius 1 is 1.00 bits per heavy atom. The fraction of sp³-hybridized carbons (Fsp3) is 0.667. The lowest BCUT2D eigenvalue weighted by atomic mass is 10.0. The minimum atomic E-state index is -0.208. The van der Waals surface area contributed by atoms with E-state index >= 15 is 0 Å². The lowest BCUT2D eigenvalue weighted by Crippen LogP contribution is -2.51. The van der Waals surface area contributed by atoms with Gasteiger partial charge < -0.3 is 10.6 Å². The number of nitrogens with two attached hydrogens (primary N) is 1. The van der Waals surface area contributed by atoms with Gasteiger partial charge in [-0.15, -0.1) is 24.8 Å². The largest absolute Gasteiger partial charge is 0.340 e. The number of carbonyl (C=O) groups is 1. The van der Waals surface area contributed by atoms with Crippen LogP contribution in [0.25, 0.3) is 0 Å². The molecule has 2 N–H and O–H groups in total. The van der Waals surface area contributed by atoms with Gasteiger partial charge >= 0.3 is 0 Å². The summed E-state index contributed by atoms with van der Waals surface area (Å²) in [4.78, 5) is 19.7. The number of amides is 1. The van der Waals surface area contributed by atoms with Crippen LogP contribution in [0.4, 0.5) is 0 Å². The molecule has 28 heavy (non-hydrogen) atoms. The van der Waals surface area contributed by atoms with Crippen molar-refractivity contribution in [2.75, 3.05) is 39.3 Å². The van der Waals surface area contributed by atoms with Crippen LogP contribution >= 0.6 is 24.8 Å². The third kappa shape index (κ3) is 6.60. The smallest absolute Gasteiger partial charge is 0.224 e. The lowest BCUT2D eigenvalue weighted by Gasteiger charge is -2.37. The van der Waals surface area contributed by atoms with Gasteiger partial charge in [-0.1, -0.05) is 30.3 Å². The van der Waals surface area contributed by atoms with Crippen molar-refractivity contribution in [3.63, 3.8) is 0 Å². The van der Waals surface area contributed by atoms with Crippen molar-refractivity contribution >= 4 is 30.7 Å². The molecular weight excluding hydrogens is 395 g/mol. The third-order valence-electron chi connectivity index (χ3n) is 6.16. The van der Waals surface area contributed by atoms with E-state index in [0.717, 1.165) is 44.8 Å². The first-order valence-corrected chi connectivity index (χ1v) is 10.1. The predicted octanol–water partition coefficient (Wildman–Crippen LogP) is 2.94. The molecule has 3 rings (SSSR count). The van der Waals surface area contributed by atoms with Crippen molar-refractivity contribution in [2.24, 2.45) is 5.73 Å². The molecule has 0 spiro atoms. The van der Waals surface area contributed by atoms with E-state index in [1.807, 2.05) is 35.2 Å². The molecule has 3 unspecified atom stereocenters. The predicted molar refractivity (Wildman–Crippen MR) is 120 cm³/mol. The molecule has 0 aromatic heterocycles. The molecule has 3 atom stereocenters. The minimum absolute atomic E-state index is 0. The summed E-state index contributed by atoms with van der Waals surface area (Å²) in [7, 11) is 0. The highest BCUT2D eigenvalue weighted by Crippen LogP contribution is 2.23. The third-order valence-corrected chi connectivity index (χ3v) is 6.16. The number of piperazine rings is 1. The zero-order chi connectivity index (χ0) is 18.5. The molecule has 0 radical (unpaired) electrons. The normalized spacial score (nSPS) is 24.3. The fourth-order valence-corrected chi connectivity index (χ4v) is 4.30. The Hall–Kier alpha value is -0.850. The summed E-state index contributed by atoms with van der Waals surface area (Å²) in [5.41, 5.74) is 7.25. The number of carbonyl (C=O) groups excluding carboxylic acids is 1. The van der Waals surface area contributed by atoms with Gasteiger partial charge in [0.1, 0.15) is 0 Å². The maximum Gasteiger partial charge on any atom is 0.224 e. The maximum atomic E-state index is 12.6. The van der Waals surface area contributed by atoms with Gasteiger partial charge in [-0.3, -0.25) is 14.6 Å². The summed E-state index contributed by atoms with van der Waals surface area (Å²) in [5, 5.41) is 0. The van der Waals surface area contributed by atoms with Crippen LogP contribution in [0.15, 0.2) is 30.3 Å². The molecule has 5 nitrogen and oxygen atoms in total. The average molecular weight is 431 g/mol. The SMILES string of the molecule is CC1CCC(C)N1CCN1CCN(C(=O)CC(N)c2ccccc2)CC1.Cl.Cl. The van der Waals surface area contributed by atoms with E-state index in [2.05, 4.69) is 23.6 Å². The second-order valence-corrected chi connectivity index (χ2v) is 7.96. The van der Waals surface area contributed by atoms with Crippen LogP contribution in [0.3, 0.4) is 0 Å². The Bertz CT molecular complexity index is 571. The van der Waals surface area contributed by atoms with Crippen LogP contribution in [0.1, 0.15) is 44.7 Å². The van der Waals surface area contributed by atoms with Gasteiger partial charge in [0.05, 0.1) is 0 Å². The molecule has 2 aliphatic rings. The highest BCUT2D eigenvalue weighted by atomic mass is 35.5. The molecule has 160 valence electrons. The zero-order valence-electron chi connectivity index (χ0n) is 17.1. The van der Waals surface area contributed by atoms with Crippen LogP contribution in [0, 0.1) is 0 Å². The van der Waals surface area contributed by atoms with Gasteiger partial charge in [-0.25, -0.2) is 0 Å². The molecule has 0 aliphatic carbocycles. The molecule has 2 aliphatic heterocycles. The van der Waals surface area contributed by atoms with E-state index in [4.69, 9.17) is 5.73 Å². The number of benzene rings is 1. The van der Waals surface area contributed by atoms with Gasteiger partial charge in [-0.2, -0.15) is 0 Å². The van der Waals surface area contributed by atoms with Gasteiger partial charge in [0.25, 0.3) is 0 Å². The summed E-state index contributed by atoms with van der Waals surface area (Å²) >= 11 is 0. The molecular formula is C21H36Cl2N4O. The van der Waals surface area contributed by atoms with Gasteiger partial charge in [0.15, 0.2) is 0 Å². The number of hydrogen-bond acceptors (Lipinski definition) is 4. The maximum absolute atomic E-state index is 12.6. The Kier molecular flexibility index (Phi) is 10.8. The topological polar surface area (TPSA) is 52.8 Å². The first kappa shape index (κ1) is 25.2. The van der Waals surface area contributed by atoms with E-state index in [1.54, 1.807) is 0 Å². The lowest BCUT2D eigenvalue weighted by molar-refractivity contribution is -0.133. The summed E-state index contributed by atoms with van der Waals surface area (Å²) in [6, 6.07) is 11.1. The molecule has 0 saturated carbocycles. The zero-order valence-corrected chi connectivity index (χ0v) is 18.8. The van der Waals surface area contributed by atoms with Crippen LogP contribution in [-0.2, 0) is 4.79 Å². The highest BCUT2D eigenvalue weighted by Gasteiger charge is 2.28. The van der Waals surface area contributed by atoms with Gasteiger partial charge in [0, 0.05) is 63.8 Å². The minimum Gasteiger partial charge on any atom is -0.340 e. The number of rotatable bonds is 6. The quantitative estimate of drug-likeness (QED) is 0.753. The molecule has 0 bridgehead atoms. The summed E-state index contributed by atoms with van der Waals surface area (Å²) in [5.74, 6) is 0.183. The second-order valence-electron chi connectivity index (χ2n) is 7.96. The molecule has 2 saturated heterocycles. The highest BCUT2D eigenvalue weighted by molar-refractivity contribution is 5.85. The Labute approximate surface area is 182 Å². The van der Waals surface area contributed by atoms with Crippen molar-refractivity contribution in [3.8, 4) is 0 Å². The van der Waals surface area contributed by atoms with E-state index in [-0.39, 0.29) is 36.8 Å². The summed E-state index contributed by atoms with van der Waals surface area (Å²) in [6.07, 6.45) is 3.04. The van der Waals surface area contributed by atoms with Gasteiger partial charge in [-0.05, 0) is 32.3 Å². The first-order chi connectivity index (χ1) is 12.5. The molecule has 2 fully saturated rings. The fourth-order valence-electron chi connectivity index (χ4n) is 4.30. The number of likely N-dealkylation sites (tertiary alicyclic amines) is 1. The molecule has 7 heteroatoms. The number of nitrogens with zero attached hydrogens (tertiary/aromatic N) is 3. The van der Waals surface area contributed by atoms with Crippen LogP contribution in [0.2, 0.25) is 0 Å². The summed E-state index contributed by atoms with van der Waals surface area (Å²) in [6.45, 7) is 10.5. The van der Waals surface area contributed by atoms with E-state index in [9.17, 15) is 4.79 Å². The second kappa shape index (κ2) is 12.0. The molecule has 2 heterocycles. The molecule has 1 amide bonds. The summed E-state index contributed by atoms with van der Waals surface area (Å²) < 4.78 is 0. The van der Waals surface area contributed by atoms with Crippen LogP contribution in [0.5, 0.6) is 0 Å². The van der Waals surface area contributed by atoms with Crippen LogP contribution in [-0.4, -0.2) is 72.0 Å². The Morgan fingerprint density at radius 2 is 1.57 bits per heavy atom. The molecule has 1 aromatic rings. The Balaban J connectivity index is 0.00000196.